The second kappa shape index (κ2) is 4.66. The minimum Gasteiger partial charge on any atom is -0.450 e. The van der Waals surface area contributed by atoms with Gasteiger partial charge in [-0.15, -0.1) is 0 Å². The lowest BCUT2D eigenvalue weighted by Gasteiger charge is -2.20. The van der Waals surface area contributed by atoms with Gasteiger partial charge in [0.15, 0.2) is 0 Å². The van der Waals surface area contributed by atoms with Crippen LogP contribution < -0.4 is 4.74 Å². The molecule has 3 aromatic rings. The van der Waals surface area contributed by atoms with Gasteiger partial charge >= 0.3 is 0 Å². The van der Waals surface area contributed by atoms with Crippen molar-refractivity contribution in [3.63, 3.8) is 0 Å². The number of carbonyl (C=O) groups is 1. The highest BCUT2D eigenvalue weighted by molar-refractivity contribution is 9.10. The molecule has 1 N–H and O–H groups in total. The molecular weight excluding hydrogens is 344 g/mol. The number of ketones is 1. The normalized spacial score (nSPS) is 20.0. The van der Waals surface area contributed by atoms with Crippen molar-refractivity contribution in [2.75, 3.05) is 0 Å². The van der Waals surface area contributed by atoms with E-state index in [9.17, 15) is 9.90 Å². The van der Waals surface area contributed by atoms with E-state index in [1.165, 1.54) is 0 Å². The molecule has 0 bridgehead atoms. The van der Waals surface area contributed by atoms with Gasteiger partial charge in [-0.3, -0.25) is 4.79 Å². The van der Waals surface area contributed by atoms with Crippen molar-refractivity contribution in [3.05, 3.63) is 76.3 Å². The Morgan fingerprint density at radius 3 is 2.45 bits per heavy atom. The molecule has 1 aliphatic heterocycles. The molecule has 0 aliphatic carbocycles. The van der Waals surface area contributed by atoms with E-state index in [1.54, 1.807) is 30.3 Å². The van der Waals surface area contributed by atoms with Crippen LogP contribution in [0.4, 0.5) is 0 Å². The Morgan fingerprint density at radius 2 is 1.68 bits per heavy atom. The van der Waals surface area contributed by atoms with Gasteiger partial charge in [-0.1, -0.05) is 58.4 Å². The van der Waals surface area contributed by atoms with Crippen molar-refractivity contribution in [2.24, 2.45) is 0 Å². The fourth-order valence-electron chi connectivity index (χ4n) is 2.81. The second-order valence-corrected chi connectivity index (χ2v) is 6.16. The average Bonchev–Trinajstić information content (AvgIpc) is 2.81. The molecule has 0 spiro atoms. The Balaban J connectivity index is 1.91. The fraction of sp³-hybridized carbons (Fsp3) is 0.0556. The molecule has 3 aromatic carbocycles. The van der Waals surface area contributed by atoms with Crippen LogP contribution in [0.15, 0.2) is 65.1 Å². The van der Waals surface area contributed by atoms with Crippen molar-refractivity contribution in [1.82, 2.24) is 0 Å². The van der Waals surface area contributed by atoms with Crippen molar-refractivity contribution < 1.29 is 14.6 Å². The van der Waals surface area contributed by atoms with Gasteiger partial charge in [-0.2, -0.15) is 0 Å². The van der Waals surface area contributed by atoms with Crippen LogP contribution in [0.5, 0.6) is 5.75 Å². The Hall–Kier alpha value is -2.17. The molecule has 1 unspecified atom stereocenters. The predicted octanol–water partition coefficient (Wildman–Crippen LogP) is 4.02. The van der Waals surface area contributed by atoms with Crippen LogP contribution in [0.3, 0.4) is 0 Å². The third kappa shape index (κ3) is 1.81. The number of benzene rings is 3. The van der Waals surface area contributed by atoms with Crippen LogP contribution >= 0.6 is 15.9 Å². The first-order chi connectivity index (χ1) is 10.6. The third-order valence-corrected chi connectivity index (χ3v) is 4.45. The van der Waals surface area contributed by atoms with E-state index in [4.69, 9.17) is 4.74 Å². The van der Waals surface area contributed by atoms with Crippen molar-refractivity contribution in [2.45, 2.75) is 5.79 Å². The number of Topliss-reactive ketones (excluding diaryl/α,β-unsaturated/α-hetero) is 1. The zero-order valence-electron chi connectivity index (χ0n) is 11.4. The second-order valence-electron chi connectivity index (χ2n) is 5.24. The number of halogens is 1. The summed E-state index contributed by atoms with van der Waals surface area (Å²) in [7, 11) is 0. The van der Waals surface area contributed by atoms with Gasteiger partial charge in [0.1, 0.15) is 5.75 Å². The summed E-state index contributed by atoms with van der Waals surface area (Å²) in [4.78, 5) is 12.8. The third-order valence-electron chi connectivity index (χ3n) is 3.92. The zero-order chi connectivity index (χ0) is 15.3. The largest absolute Gasteiger partial charge is 0.450 e. The highest BCUT2D eigenvalue weighted by Crippen LogP contribution is 2.43. The van der Waals surface area contributed by atoms with E-state index in [0.29, 0.717) is 16.9 Å². The molecule has 108 valence electrons. The molecule has 22 heavy (non-hydrogen) atoms. The smallest absolute Gasteiger partial charge is 0.300 e. The van der Waals surface area contributed by atoms with Crippen LogP contribution in [0.1, 0.15) is 15.9 Å². The summed E-state index contributed by atoms with van der Waals surface area (Å²) in [5.41, 5.74) is 0.851. The lowest BCUT2D eigenvalue weighted by atomic mass is 9.95. The minimum atomic E-state index is -1.97. The molecule has 1 atom stereocenters. The van der Waals surface area contributed by atoms with Crippen LogP contribution in [-0.4, -0.2) is 10.9 Å². The molecule has 1 aliphatic rings. The molecule has 0 radical (unpaired) electrons. The summed E-state index contributed by atoms with van der Waals surface area (Å²) in [6.07, 6.45) is 0. The van der Waals surface area contributed by atoms with E-state index in [0.717, 1.165) is 15.2 Å². The van der Waals surface area contributed by atoms with Gasteiger partial charge in [-0.05, 0) is 29.0 Å². The van der Waals surface area contributed by atoms with Gasteiger partial charge in [0.2, 0.25) is 5.78 Å². The Morgan fingerprint density at radius 1 is 0.955 bits per heavy atom. The number of ether oxygens (including phenoxy) is 1. The lowest BCUT2D eigenvalue weighted by molar-refractivity contribution is -0.0959. The lowest BCUT2D eigenvalue weighted by Crippen LogP contribution is -2.36. The number of carbonyl (C=O) groups excluding carboxylic acids is 1. The maximum absolute atomic E-state index is 12.8. The van der Waals surface area contributed by atoms with Gasteiger partial charge < -0.3 is 9.84 Å². The van der Waals surface area contributed by atoms with Crippen molar-refractivity contribution in [1.29, 1.82) is 0 Å². The maximum atomic E-state index is 12.8. The number of hydrogen-bond acceptors (Lipinski definition) is 3. The number of aliphatic hydroxyl groups is 1. The monoisotopic (exact) mass is 354 g/mol. The Labute approximate surface area is 135 Å². The minimum absolute atomic E-state index is 0.411. The Bertz CT molecular complexity index is 902. The first-order valence-corrected chi connectivity index (χ1v) is 7.63. The van der Waals surface area contributed by atoms with E-state index < -0.39 is 11.6 Å². The number of hydrogen-bond donors (Lipinski definition) is 1. The molecule has 4 heteroatoms. The van der Waals surface area contributed by atoms with Crippen LogP contribution in [-0.2, 0) is 5.79 Å². The van der Waals surface area contributed by atoms with Gasteiger partial charge in [-0.25, -0.2) is 0 Å². The molecule has 0 aromatic heterocycles. The van der Waals surface area contributed by atoms with Crippen LogP contribution in [0, 0.1) is 0 Å². The number of rotatable bonds is 1. The van der Waals surface area contributed by atoms with Crippen molar-refractivity contribution in [3.8, 4) is 5.75 Å². The summed E-state index contributed by atoms with van der Waals surface area (Å²) < 4.78 is 6.50. The first kappa shape index (κ1) is 13.5. The van der Waals surface area contributed by atoms with Gasteiger partial charge in [0, 0.05) is 10.0 Å². The fourth-order valence-corrected chi connectivity index (χ4v) is 3.08. The predicted molar refractivity (Wildman–Crippen MR) is 86.9 cm³/mol. The highest BCUT2D eigenvalue weighted by Gasteiger charge is 2.48. The number of fused-ring (bicyclic) bond motifs is 3. The standard InChI is InChI=1S/C18H11BrO3/c19-13-8-6-12(7-9-13)18(21)17(20)16-14-4-2-1-3-11(14)5-10-15(16)22-18/h1-10,21H. The molecule has 0 amide bonds. The first-order valence-electron chi connectivity index (χ1n) is 6.83. The van der Waals surface area contributed by atoms with E-state index in [-0.39, 0.29) is 0 Å². The highest BCUT2D eigenvalue weighted by atomic mass is 79.9. The zero-order valence-corrected chi connectivity index (χ0v) is 13.0. The van der Waals surface area contributed by atoms with Gasteiger partial charge in [0.05, 0.1) is 5.56 Å². The quantitative estimate of drug-likeness (QED) is 0.717. The van der Waals surface area contributed by atoms with E-state index >= 15 is 0 Å². The Kier molecular flexibility index (Phi) is 2.86. The molecular formula is C18H11BrO3. The van der Waals surface area contributed by atoms with Crippen LogP contribution in [0.25, 0.3) is 10.8 Å². The molecule has 1 heterocycles. The van der Waals surface area contributed by atoms with E-state index in [1.807, 2.05) is 30.3 Å². The van der Waals surface area contributed by atoms with Crippen molar-refractivity contribution >= 4 is 32.5 Å². The summed E-state index contributed by atoms with van der Waals surface area (Å²) in [6, 6.07) is 18.1. The summed E-state index contributed by atoms with van der Waals surface area (Å²) >= 11 is 3.34. The molecule has 0 fully saturated rings. The van der Waals surface area contributed by atoms with Gasteiger partial charge in [0.25, 0.3) is 5.79 Å². The van der Waals surface area contributed by atoms with Crippen LogP contribution in [0.2, 0.25) is 0 Å². The molecule has 4 rings (SSSR count). The molecule has 0 saturated carbocycles. The summed E-state index contributed by atoms with van der Waals surface area (Å²) in [5, 5.41) is 12.5. The van der Waals surface area contributed by atoms with E-state index in [2.05, 4.69) is 15.9 Å². The molecule has 3 nitrogen and oxygen atoms in total. The summed E-state index contributed by atoms with van der Waals surface area (Å²) in [6.45, 7) is 0. The average molecular weight is 355 g/mol. The SMILES string of the molecule is O=C1c2c(ccc3ccccc23)OC1(O)c1ccc(Br)cc1. The summed E-state index contributed by atoms with van der Waals surface area (Å²) in [5.74, 6) is -1.98. The maximum Gasteiger partial charge on any atom is 0.300 e. The molecule has 0 saturated heterocycles. The topological polar surface area (TPSA) is 46.5 Å².